The Balaban J connectivity index is 2.00. The highest BCUT2D eigenvalue weighted by molar-refractivity contribution is 7.89. The highest BCUT2D eigenvalue weighted by Gasteiger charge is 2.19. The monoisotopic (exact) mass is 298 g/mol. The van der Waals surface area contributed by atoms with Crippen LogP contribution in [0, 0.1) is 5.82 Å². The van der Waals surface area contributed by atoms with Crippen molar-refractivity contribution in [1.82, 2.24) is 14.9 Å². The number of nitrogens with one attached hydrogen (secondary N) is 2. The SMILES string of the molecule is NCc1cn[nH]c1S(=O)(=O)NCCc1cccc(F)c1. The standard InChI is InChI=1S/C12H15FN4O2S/c13-11-3-1-2-9(6-11)4-5-16-20(18,19)12-10(7-14)8-15-17-12/h1-3,6,8,16H,4-5,7,14H2,(H,15,17). The Morgan fingerprint density at radius 2 is 2.20 bits per heavy atom. The lowest BCUT2D eigenvalue weighted by molar-refractivity contribution is 0.575. The van der Waals surface area contributed by atoms with Crippen molar-refractivity contribution >= 4 is 10.0 Å². The summed E-state index contributed by atoms with van der Waals surface area (Å²) in [6.45, 7) is 0.242. The van der Waals surface area contributed by atoms with Crippen molar-refractivity contribution in [1.29, 1.82) is 0 Å². The molecule has 1 aromatic heterocycles. The van der Waals surface area contributed by atoms with E-state index in [9.17, 15) is 12.8 Å². The summed E-state index contributed by atoms with van der Waals surface area (Å²) in [5, 5.41) is 6.05. The Morgan fingerprint density at radius 1 is 1.40 bits per heavy atom. The third kappa shape index (κ3) is 3.41. The highest BCUT2D eigenvalue weighted by Crippen LogP contribution is 2.11. The van der Waals surface area contributed by atoms with Crippen LogP contribution in [-0.4, -0.2) is 25.2 Å². The van der Waals surface area contributed by atoms with Crippen LogP contribution in [0.25, 0.3) is 0 Å². The summed E-state index contributed by atoms with van der Waals surface area (Å²) < 4.78 is 39.4. The summed E-state index contributed by atoms with van der Waals surface area (Å²) in [7, 11) is -3.68. The Kier molecular flexibility index (Phi) is 4.48. The molecule has 0 aliphatic heterocycles. The molecule has 0 amide bonds. The van der Waals surface area contributed by atoms with Crippen LogP contribution in [0.1, 0.15) is 11.1 Å². The second kappa shape index (κ2) is 6.12. The van der Waals surface area contributed by atoms with Crippen LogP contribution in [0.15, 0.2) is 35.5 Å². The maximum atomic E-state index is 13.0. The zero-order valence-electron chi connectivity index (χ0n) is 10.6. The van der Waals surface area contributed by atoms with Crippen LogP contribution < -0.4 is 10.5 Å². The number of H-pyrrole nitrogens is 1. The Morgan fingerprint density at radius 3 is 2.90 bits per heavy atom. The van der Waals surface area contributed by atoms with Crippen LogP contribution >= 0.6 is 0 Å². The molecule has 1 aromatic carbocycles. The number of nitrogens with two attached hydrogens (primary N) is 1. The lowest BCUT2D eigenvalue weighted by atomic mass is 10.1. The van der Waals surface area contributed by atoms with Crippen LogP contribution in [0.2, 0.25) is 0 Å². The Bertz CT molecular complexity index is 684. The van der Waals surface area contributed by atoms with Crippen molar-refractivity contribution in [2.24, 2.45) is 5.73 Å². The summed E-state index contributed by atoms with van der Waals surface area (Å²) in [5.41, 5.74) is 6.57. The minimum absolute atomic E-state index is 0.0285. The van der Waals surface area contributed by atoms with Crippen LogP contribution in [0.4, 0.5) is 4.39 Å². The topological polar surface area (TPSA) is 101 Å². The van der Waals surface area contributed by atoms with Gasteiger partial charge in [-0.1, -0.05) is 12.1 Å². The van der Waals surface area contributed by atoms with Gasteiger partial charge < -0.3 is 5.73 Å². The van der Waals surface area contributed by atoms with E-state index in [1.54, 1.807) is 12.1 Å². The maximum absolute atomic E-state index is 13.0. The number of hydrogen-bond acceptors (Lipinski definition) is 4. The number of halogens is 1. The molecule has 2 rings (SSSR count). The molecule has 0 radical (unpaired) electrons. The van der Waals surface area contributed by atoms with Gasteiger partial charge in [0.15, 0.2) is 5.03 Å². The highest BCUT2D eigenvalue weighted by atomic mass is 32.2. The van der Waals surface area contributed by atoms with Gasteiger partial charge in [-0.15, -0.1) is 0 Å². The largest absolute Gasteiger partial charge is 0.326 e. The molecular weight excluding hydrogens is 283 g/mol. The van der Waals surface area contributed by atoms with Gasteiger partial charge in [-0.25, -0.2) is 17.5 Å². The predicted molar refractivity (Wildman–Crippen MR) is 71.8 cm³/mol. The van der Waals surface area contributed by atoms with Gasteiger partial charge in [0.05, 0.1) is 6.20 Å². The second-order valence-corrected chi connectivity index (χ2v) is 5.91. The molecule has 1 heterocycles. The number of rotatable bonds is 6. The van der Waals surface area contributed by atoms with Crippen LogP contribution in [0.3, 0.4) is 0 Å². The minimum atomic E-state index is -3.68. The molecule has 0 spiro atoms. The van der Waals surface area contributed by atoms with Crippen molar-refractivity contribution in [3.63, 3.8) is 0 Å². The number of benzene rings is 1. The molecule has 2 aromatic rings. The minimum Gasteiger partial charge on any atom is -0.326 e. The van der Waals surface area contributed by atoms with Gasteiger partial charge in [0.2, 0.25) is 0 Å². The molecule has 8 heteroatoms. The molecular formula is C12H15FN4O2S. The first kappa shape index (κ1) is 14.6. The van der Waals surface area contributed by atoms with E-state index >= 15 is 0 Å². The molecule has 0 unspecified atom stereocenters. The maximum Gasteiger partial charge on any atom is 0.257 e. The van der Waals surface area contributed by atoms with Crippen molar-refractivity contribution in [3.05, 3.63) is 47.4 Å². The zero-order chi connectivity index (χ0) is 14.6. The third-order valence-electron chi connectivity index (χ3n) is 2.76. The molecule has 0 saturated heterocycles. The Labute approximate surface area is 116 Å². The summed E-state index contributed by atoms with van der Waals surface area (Å²) in [6, 6.07) is 6.03. The Hall–Kier alpha value is -1.77. The van der Waals surface area contributed by atoms with Gasteiger partial charge in [0.1, 0.15) is 5.82 Å². The van der Waals surface area contributed by atoms with E-state index < -0.39 is 10.0 Å². The first-order valence-corrected chi connectivity index (χ1v) is 7.47. The number of nitrogens with zero attached hydrogens (tertiary/aromatic N) is 1. The molecule has 20 heavy (non-hydrogen) atoms. The molecule has 108 valence electrons. The summed E-state index contributed by atoms with van der Waals surface area (Å²) in [5.74, 6) is -0.343. The average Bonchev–Trinajstić information content (AvgIpc) is 2.87. The average molecular weight is 298 g/mol. The predicted octanol–water partition coefficient (Wildman–Crippen LogP) is 0.529. The summed E-state index contributed by atoms with van der Waals surface area (Å²) in [4.78, 5) is 0. The second-order valence-electron chi connectivity index (χ2n) is 4.21. The normalized spacial score (nSPS) is 11.7. The van der Waals surface area contributed by atoms with Gasteiger partial charge in [0, 0.05) is 18.7 Å². The molecule has 6 nitrogen and oxygen atoms in total. The molecule has 0 saturated carbocycles. The lowest BCUT2D eigenvalue weighted by Crippen LogP contribution is -2.27. The number of aromatic nitrogens is 2. The first-order valence-electron chi connectivity index (χ1n) is 5.99. The number of hydrogen-bond donors (Lipinski definition) is 3. The lowest BCUT2D eigenvalue weighted by Gasteiger charge is -2.06. The fourth-order valence-corrected chi connectivity index (χ4v) is 2.94. The van der Waals surface area contributed by atoms with E-state index in [1.165, 1.54) is 18.3 Å². The van der Waals surface area contributed by atoms with Gasteiger partial charge in [-0.2, -0.15) is 5.10 Å². The molecule has 0 aliphatic rings. The van der Waals surface area contributed by atoms with E-state index in [1.807, 2.05) is 0 Å². The van der Waals surface area contributed by atoms with Crippen LogP contribution in [0.5, 0.6) is 0 Å². The molecule has 0 bridgehead atoms. The summed E-state index contributed by atoms with van der Waals surface area (Å²) >= 11 is 0. The van der Waals surface area contributed by atoms with E-state index in [0.29, 0.717) is 12.0 Å². The van der Waals surface area contributed by atoms with Crippen LogP contribution in [-0.2, 0) is 23.0 Å². The van der Waals surface area contributed by atoms with Gasteiger partial charge in [-0.3, -0.25) is 5.10 Å². The van der Waals surface area contributed by atoms with Gasteiger partial charge in [0.25, 0.3) is 10.0 Å². The van der Waals surface area contributed by atoms with E-state index in [4.69, 9.17) is 5.73 Å². The number of sulfonamides is 1. The van der Waals surface area contributed by atoms with Gasteiger partial charge in [-0.05, 0) is 24.1 Å². The third-order valence-corrected chi connectivity index (χ3v) is 4.24. The first-order chi connectivity index (χ1) is 9.53. The fourth-order valence-electron chi connectivity index (χ4n) is 1.77. The zero-order valence-corrected chi connectivity index (χ0v) is 11.5. The van der Waals surface area contributed by atoms with Crippen molar-refractivity contribution in [2.45, 2.75) is 18.0 Å². The quantitative estimate of drug-likeness (QED) is 0.724. The van der Waals surface area contributed by atoms with Gasteiger partial charge >= 0.3 is 0 Å². The van der Waals surface area contributed by atoms with E-state index in [-0.39, 0.29) is 23.9 Å². The van der Waals surface area contributed by atoms with Crippen molar-refractivity contribution < 1.29 is 12.8 Å². The molecule has 0 fully saturated rings. The smallest absolute Gasteiger partial charge is 0.257 e. The van der Waals surface area contributed by atoms with E-state index in [2.05, 4.69) is 14.9 Å². The molecule has 0 aliphatic carbocycles. The van der Waals surface area contributed by atoms with E-state index in [0.717, 1.165) is 5.56 Å². The number of aromatic amines is 1. The molecule has 0 atom stereocenters. The molecule has 4 N–H and O–H groups in total. The summed E-state index contributed by atoms with van der Waals surface area (Å²) in [6.07, 6.45) is 1.77. The fraction of sp³-hybridized carbons (Fsp3) is 0.250. The van der Waals surface area contributed by atoms with Crippen molar-refractivity contribution in [2.75, 3.05) is 6.54 Å². The van der Waals surface area contributed by atoms with Crippen molar-refractivity contribution in [3.8, 4) is 0 Å².